The summed E-state index contributed by atoms with van der Waals surface area (Å²) in [5, 5.41) is 5.34. The molecule has 1 aromatic rings. The van der Waals surface area contributed by atoms with Gasteiger partial charge in [0.2, 0.25) is 0 Å². The molecule has 4 nitrogen and oxygen atoms in total. The summed E-state index contributed by atoms with van der Waals surface area (Å²) in [6.07, 6.45) is 11.0. The van der Waals surface area contributed by atoms with Crippen LogP contribution in [0.15, 0.2) is 0 Å². The van der Waals surface area contributed by atoms with Gasteiger partial charge < -0.3 is 0 Å². The van der Waals surface area contributed by atoms with Gasteiger partial charge in [0.25, 0.3) is 0 Å². The van der Waals surface area contributed by atoms with E-state index < -0.39 is 0 Å². The van der Waals surface area contributed by atoms with Crippen molar-refractivity contribution in [3.05, 3.63) is 16.4 Å². The molecule has 120 valence electrons. The molecule has 3 N–H and O–H groups in total. The van der Waals surface area contributed by atoms with E-state index >= 15 is 0 Å². The fourth-order valence-corrected chi connectivity index (χ4v) is 3.87. The van der Waals surface area contributed by atoms with E-state index in [1.807, 2.05) is 11.7 Å². The first-order chi connectivity index (χ1) is 10.2. The van der Waals surface area contributed by atoms with Gasteiger partial charge in [0.15, 0.2) is 0 Å². The number of nitrogens with zero attached hydrogens (tertiary/aromatic N) is 2. The Hall–Kier alpha value is -0.580. The molecule has 1 heterocycles. The van der Waals surface area contributed by atoms with Crippen LogP contribution in [0.2, 0.25) is 5.02 Å². The fourth-order valence-electron chi connectivity index (χ4n) is 3.50. The lowest BCUT2D eigenvalue weighted by atomic mass is 9.84. The second kappa shape index (κ2) is 8.16. The summed E-state index contributed by atoms with van der Waals surface area (Å²) >= 11 is 6.48. The highest BCUT2D eigenvalue weighted by molar-refractivity contribution is 6.31. The highest BCUT2D eigenvalue weighted by atomic mass is 35.5. The van der Waals surface area contributed by atoms with Gasteiger partial charge >= 0.3 is 0 Å². The van der Waals surface area contributed by atoms with Crippen LogP contribution in [-0.4, -0.2) is 15.8 Å². The van der Waals surface area contributed by atoms with Gasteiger partial charge in [0.05, 0.1) is 16.4 Å². The average molecular weight is 313 g/mol. The molecule has 1 fully saturated rings. The summed E-state index contributed by atoms with van der Waals surface area (Å²) in [6.45, 7) is 2.09. The molecule has 5 heteroatoms. The SMILES string of the molecule is CCc1nn(C)c(CC(NN)C2CCCCCCC2)c1Cl. The predicted octanol–water partition coefficient (Wildman–Crippen LogP) is 3.37. The quantitative estimate of drug-likeness (QED) is 0.647. The van der Waals surface area contributed by atoms with Gasteiger partial charge in [-0.05, 0) is 25.2 Å². The molecule has 1 aliphatic rings. The molecule has 0 amide bonds. The highest BCUT2D eigenvalue weighted by Crippen LogP contribution is 2.28. The van der Waals surface area contributed by atoms with Crippen molar-refractivity contribution in [2.24, 2.45) is 18.8 Å². The molecule has 0 radical (unpaired) electrons. The first-order valence-corrected chi connectivity index (χ1v) is 8.71. The van der Waals surface area contributed by atoms with Gasteiger partial charge in [-0.3, -0.25) is 16.0 Å². The van der Waals surface area contributed by atoms with E-state index in [2.05, 4.69) is 17.4 Å². The molecule has 0 bridgehead atoms. The van der Waals surface area contributed by atoms with Crippen molar-refractivity contribution >= 4 is 11.6 Å². The first kappa shape index (κ1) is 16.8. The summed E-state index contributed by atoms with van der Waals surface area (Å²) in [5.41, 5.74) is 5.15. The Balaban J connectivity index is 2.08. The Morgan fingerprint density at radius 3 is 2.43 bits per heavy atom. The molecule has 2 rings (SSSR count). The molecular weight excluding hydrogens is 284 g/mol. The predicted molar refractivity (Wildman–Crippen MR) is 88.2 cm³/mol. The molecule has 1 saturated carbocycles. The Morgan fingerprint density at radius 1 is 1.29 bits per heavy atom. The van der Waals surface area contributed by atoms with E-state index in [9.17, 15) is 0 Å². The minimum Gasteiger partial charge on any atom is -0.271 e. The number of hydrogen-bond acceptors (Lipinski definition) is 3. The van der Waals surface area contributed by atoms with E-state index in [1.54, 1.807) is 0 Å². The number of aryl methyl sites for hydroxylation is 2. The maximum absolute atomic E-state index is 6.48. The number of hydrazine groups is 1. The first-order valence-electron chi connectivity index (χ1n) is 8.33. The van der Waals surface area contributed by atoms with Crippen molar-refractivity contribution in [3.8, 4) is 0 Å². The Bertz CT molecular complexity index is 436. The van der Waals surface area contributed by atoms with Crippen LogP contribution >= 0.6 is 11.6 Å². The Morgan fingerprint density at radius 2 is 1.90 bits per heavy atom. The zero-order valence-corrected chi connectivity index (χ0v) is 14.1. The fraction of sp³-hybridized carbons (Fsp3) is 0.812. The lowest BCUT2D eigenvalue weighted by molar-refractivity contribution is 0.282. The molecule has 1 unspecified atom stereocenters. The van der Waals surface area contributed by atoms with Gasteiger partial charge in [0.1, 0.15) is 0 Å². The third-order valence-corrected chi connectivity index (χ3v) is 5.29. The van der Waals surface area contributed by atoms with Crippen molar-refractivity contribution in [2.45, 2.75) is 70.8 Å². The molecule has 0 aliphatic heterocycles. The van der Waals surface area contributed by atoms with Crippen LogP contribution in [0.25, 0.3) is 0 Å². The third kappa shape index (κ3) is 4.21. The van der Waals surface area contributed by atoms with Crippen molar-refractivity contribution in [1.82, 2.24) is 15.2 Å². The van der Waals surface area contributed by atoms with Crippen LogP contribution in [0.4, 0.5) is 0 Å². The lowest BCUT2D eigenvalue weighted by Gasteiger charge is -2.28. The van der Waals surface area contributed by atoms with Crippen LogP contribution in [0.1, 0.15) is 63.3 Å². The molecular formula is C16H29ClN4. The summed E-state index contributed by atoms with van der Waals surface area (Å²) in [7, 11) is 1.98. The Kier molecular flexibility index (Phi) is 6.52. The summed E-state index contributed by atoms with van der Waals surface area (Å²) < 4.78 is 1.93. The molecule has 1 atom stereocenters. The third-order valence-electron chi connectivity index (χ3n) is 4.85. The zero-order chi connectivity index (χ0) is 15.2. The van der Waals surface area contributed by atoms with Gasteiger partial charge in [-0.15, -0.1) is 0 Å². The maximum Gasteiger partial charge on any atom is 0.0850 e. The number of rotatable bonds is 5. The second-order valence-corrected chi connectivity index (χ2v) is 6.64. The normalized spacial score (nSPS) is 19.2. The smallest absolute Gasteiger partial charge is 0.0850 e. The molecule has 0 aromatic carbocycles. The van der Waals surface area contributed by atoms with Crippen LogP contribution in [0.3, 0.4) is 0 Å². The van der Waals surface area contributed by atoms with Crippen LogP contribution in [0.5, 0.6) is 0 Å². The molecule has 1 aromatic heterocycles. The topological polar surface area (TPSA) is 55.9 Å². The van der Waals surface area contributed by atoms with Crippen molar-refractivity contribution in [2.75, 3.05) is 0 Å². The van der Waals surface area contributed by atoms with Gasteiger partial charge in [-0.1, -0.05) is 50.6 Å². The largest absolute Gasteiger partial charge is 0.271 e. The maximum atomic E-state index is 6.48. The summed E-state index contributed by atoms with van der Waals surface area (Å²) in [5.74, 6) is 6.50. The monoisotopic (exact) mass is 312 g/mol. The molecule has 21 heavy (non-hydrogen) atoms. The average Bonchev–Trinajstić information content (AvgIpc) is 2.72. The minimum absolute atomic E-state index is 0.292. The van der Waals surface area contributed by atoms with Crippen LogP contribution in [0, 0.1) is 5.92 Å². The van der Waals surface area contributed by atoms with E-state index in [-0.39, 0.29) is 0 Å². The van der Waals surface area contributed by atoms with Crippen LogP contribution < -0.4 is 11.3 Å². The van der Waals surface area contributed by atoms with E-state index in [4.69, 9.17) is 17.4 Å². The summed E-state index contributed by atoms with van der Waals surface area (Å²) in [6, 6.07) is 0.292. The molecule has 1 aliphatic carbocycles. The number of aromatic nitrogens is 2. The number of nitrogens with one attached hydrogen (secondary N) is 1. The van der Waals surface area contributed by atoms with Gasteiger partial charge in [-0.25, -0.2) is 0 Å². The minimum atomic E-state index is 0.292. The van der Waals surface area contributed by atoms with E-state index in [0.717, 1.165) is 29.3 Å². The Labute approximate surface area is 133 Å². The van der Waals surface area contributed by atoms with E-state index in [1.165, 1.54) is 44.9 Å². The standard InChI is InChI=1S/C16H29ClN4/c1-3-13-16(17)15(21(2)20-13)11-14(19-18)12-9-7-5-4-6-8-10-12/h12,14,19H,3-11,18H2,1-2H3. The lowest BCUT2D eigenvalue weighted by Crippen LogP contribution is -2.43. The van der Waals surface area contributed by atoms with Gasteiger partial charge in [-0.2, -0.15) is 5.10 Å². The number of nitrogens with two attached hydrogens (primary N) is 1. The number of hydrogen-bond donors (Lipinski definition) is 2. The van der Waals surface area contributed by atoms with Crippen LogP contribution in [-0.2, 0) is 19.9 Å². The highest BCUT2D eigenvalue weighted by Gasteiger charge is 2.24. The van der Waals surface area contributed by atoms with Crippen molar-refractivity contribution < 1.29 is 0 Å². The number of halogens is 1. The van der Waals surface area contributed by atoms with Gasteiger partial charge in [0, 0.05) is 19.5 Å². The van der Waals surface area contributed by atoms with Crippen molar-refractivity contribution in [3.63, 3.8) is 0 Å². The van der Waals surface area contributed by atoms with Crippen molar-refractivity contribution in [1.29, 1.82) is 0 Å². The second-order valence-electron chi connectivity index (χ2n) is 6.27. The zero-order valence-electron chi connectivity index (χ0n) is 13.4. The molecule has 0 saturated heterocycles. The summed E-state index contributed by atoms with van der Waals surface area (Å²) in [4.78, 5) is 0. The van der Waals surface area contributed by atoms with E-state index in [0.29, 0.717) is 12.0 Å². The molecule has 0 spiro atoms.